The van der Waals surface area contributed by atoms with Crippen molar-refractivity contribution in [1.82, 2.24) is 19.9 Å². The number of aryl methyl sites for hydroxylation is 1. The van der Waals surface area contributed by atoms with Crippen LogP contribution in [-0.2, 0) is 11.2 Å². The van der Waals surface area contributed by atoms with Gasteiger partial charge >= 0.3 is 6.01 Å². The Labute approximate surface area is 242 Å². The number of nitrogens with zero attached hydrogens (tertiary/aromatic N) is 5. The number of phenols is 1. The maximum Gasteiger partial charge on any atom is 0.319 e. The molecule has 2 aromatic carbocycles. The molecule has 2 bridgehead atoms. The van der Waals surface area contributed by atoms with Crippen molar-refractivity contribution in [3.05, 3.63) is 47.9 Å². The SMILES string of the molecule is CCc1cccc2cc(O)cc(-c3ncc4c(N5C[C@H]6C[C@@H]5CO6)nc(OC[C@@]56CCCN5C[C@H](F)C6)nc4c3F)c12. The minimum absolute atomic E-state index is 0.0376. The number of fused-ring (bicyclic) bond motifs is 5. The molecule has 0 radical (unpaired) electrons. The topological polar surface area (TPSA) is 83.8 Å². The van der Waals surface area contributed by atoms with Gasteiger partial charge in [-0.25, -0.2) is 8.78 Å². The molecule has 6 heterocycles. The van der Waals surface area contributed by atoms with Crippen LogP contribution in [0.25, 0.3) is 32.9 Å². The van der Waals surface area contributed by atoms with E-state index < -0.39 is 12.0 Å². The molecule has 4 aliphatic heterocycles. The van der Waals surface area contributed by atoms with E-state index in [2.05, 4.69) is 19.8 Å². The van der Waals surface area contributed by atoms with E-state index in [-0.39, 0.29) is 47.3 Å². The van der Waals surface area contributed by atoms with Gasteiger partial charge in [-0.3, -0.25) is 9.88 Å². The van der Waals surface area contributed by atoms with Crippen LogP contribution in [-0.4, -0.2) is 81.7 Å². The molecule has 4 atom stereocenters. The maximum atomic E-state index is 16.7. The highest BCUT2D eigenvalue weighted by Gasteiger charge is 2.49. The van der Waals surface area contributed by atoms with Gasteiger partial charge in [0.1, 0.15) is 35.6 Å². The molecule has 42 heavy (non-hydrogen) atoms. The molecule has 1 N–H and O–H groups in total. The maximum absolute atomic E-state index is 16.7. The number of rotatable bonds is 6. The summed E-state index contributed by atoms with van der Waals surface area (Å²) in [5.74, 6) is 0.0229. The molecule has 0 spiro atoms. The van der Waals surface area contributed by atoms with E-state index in [4.69, 9.17) is 14.5 Å². The highest BCUT2D eigenvalue weighted by atomic mass is 19.1. The van der Waals surface area contributed by atoms with Gasteiger partial charge in [-0.15, -0.1) is 0 Å². The summed E-state index contributed by atoms with van der Waals surface area (Å²) < 4.78 is 43.2. The van der Waals surface area contributed by atoms with E-state index >= 15 is 4.39 Å². The Morgan fingerprint density at radius 1 is 1.21 bits per heavy atom. The van der Waals surface area contributed by atoms with Crippen LogP contribution in [0.15, 0.2) is 36.5 Å². The summed E-state index contributed by atoms with van der Waals surface area (Å²) in [6, 6.07) is 9.32. The highest BCUT2D eigenvalue weighted by Crippen LogP contribution is 2.42. The Morgan fingerprint density at radius 3 is 2.93 bits per heavy atom. The van der Waals surface area contributed by atoms with Crippen LogP contribution in [0.3, 0.4) is 0 Å². The molecule has 4 fully saturated rings. The molecule has 218 valence electrons. The number of aromatic hydroxyl groups is 1. The molecule has 0 amide bonds. The molecular weight excluding hydrogens is 540 g/mol. The van der Waals surface area contributed by atoms with E-state index in [1.807, 2.05) is 25.1 Å². The lowest BCUT2D eigenvalue weighted by Gasteiger charge is -2.31. The van der Waals surface area contributed by atoms with E-state index in [0.29, 0.717) is 42.9 Å². The van der Waals surface area contributed by atoms with Gasteiger partial charge in [0.05, 0.1) is 29.7 Å². The number of hydrogen-bond acceptors (Lipinski definition) is 8. The molecule has 4 aliphatic rings. The van der Waals surface area contributed by atoms with Crippen molar-refractivity contribution in [3.63, 3.8) is 0 Å². The number of alkyl halides is 1. The molecular formula is C32H33F2N5O3. The molecule has 2 aromatic heterocycles. The van der Waals surface area contributed by atoms with Gasteiger partial charge in [0.2, 0.25) is 0 Å². The average molecular weight is 574 g/mol. The second-order valence-electron chi connectivity index (χ2n) is 12.2. The van der Waals surface area contributed by atoms with Gasteiger partial charge in [0.25, 0.3) is 0 Å². The Bertz CT molecular complexity index is 1720. The average Bonchev–Trinajstić information content (AvgIpc) is 3.77. The number of hydrogen-bond donors (Lipinski definition) is 1. The third-order valence-electron chi connectivity index (χ3n) is 9.73. The zero-order valence-corrected chi connectivity index (χ0v) is 23.5. The third kappa shape index (κ3) is 4.02. The van der Waals surface area contributed by atoms with E-state index in [1.54, 1.807) is 18.3 Å². The van der Waals surface area contributed by atoms with Gasteiger partial charge in [-0.05, 0) is 60.7 Å². The molecule has 10 heteroatoms. The van der Waals surface area contributed by atoms with Gasteiger partial charge < -0.3 is 19.5 Å². The molecule has 0 unspecified atom stereocenters. The lowest BCUT2D eigenvalue weighted by Crippen LogP contribution is -2.43. The summed E-state index contributed by atoms with van der Waals surface area (Å²) in [6.07, 6.45) is 4.77. The van der Waals surface area contributed by atoms with E-state index in [0.717, 1.165) is 48.6 Å². The predicted molar refractivity (Wildman–Crippen MR) is 155 cm³/mol. The molecule has 0 saturated carbocycles. The Kier molecular flexibility index (Phi) is 6.01. The van der Waals surface area contributed by atoms with Crippen molar-refractivity contribution in [2.45, 2.75) is 62.9 Å². The lowest BCUT2D eigenvalue weighted by molar-refractivity contribution is 0.0984. The first-order valence-electron chi connectivity index (χ1n) is 14.9. The van der Waals surface area contributed by atoms with E-state index in [1.165, 1.54) is 0 Å². The van der Waals surface area contributed by atoms with Gasteiger partial charge in [0.15, 0.2) is 5.82 Å². The van der Waals surface area contributed by atoms with Crippen molar-refractivity contribution < 1.29 is 23.4 Å². The second kappa shape index (κ2) is 9.70. The standard InChI is InChI=1S/C32H33F2N5O3/c1-2-18-5-3-6-19-9-22(40)11-24(26(18)19)28-27(34)29-25(13-35-28)30(39-15-23-10-21(39)16-41-23)37-31(36-29)42-17-32-7-4-8-38(32)14-20(33)12-32/h3,5-6,9,11,13,20-21,23,40H,2,4,7-8,10,12,14-17H2,1H3/t20-,21-,23-,32+/m1/s1. The first kappa shape index (κ1) is 26.0. The summed E-state index contributed by atoms with van der Waals surface area (Å²) in [5.41, 5.74) is 1.40. The fraction of sp³-hybridized carbons (Fsp3) is 0.469. The molecule has 8 rings (SSSR count). The summed E-state index contributed by atoms with van der Waals surface area (Å²) in [5, 5.41) is 12.7. The molecule has 0 aliphatic carbocycles. The van der Waals surface area contributed by atoms with Crippen LogP contribution in [0.5, 0.6) is 11.8 Å². The monoisotopic (exact) mass is 573 g/mol. The number of morpholine rings is 1. The minimum atomic E-state index is -0.877. The smallest absolute Gasteiger partial charge is 0.319 e. The van der Waals surface area contributed by atoms with Crippen LogP contribution >= 0.6 is 0 Å². The van der Waals surface area contributed by atoms with Crippen LogP contribution in [0.4, 0.5) is 14.6 Å². The molecule has 4 saturated heterocycles. The van der Waals surface area contributed by atoms with Crippen molar-refractivity contribution >= 4 is 27.5 Å². The van der Waals surface area contributed by atoms with E-state index in [9.17, 15) is 9.50 Å². The first-order chi connectivity index (χ1) is 20.4. The van der Waals surface area contributed by atoms with Gasteiger partial charge in [-0.2, -0.15) is 9.97 Å². The number of ether oxygens (including phenoxy) is 2. The van der Waals surface area contributed by atoms with Crippen molar-refractivity contribution in [2.24, 2.45) is 0 Å². The first-order valence-corrected chi connectivity index (χ1v) is 14.9. The predicted octanol–water partition coefficient (Wildman–Crippen LogP) is 5.18. The third-order valence-corrected chi connectivity index (χ3v) is 9.73. The number of pyridine rings is 1. The number of phenolic OH excluding ortho intramolecular Hbond substituents is 1. The fourth-order valence-electron chi connectivity index (χ4n) is 7.77. The van der Waals surface area contributed by atoms with Crippen molar-refractivity contribution in [1.29, 1.82) is 0 Å². The van der Waals surface area contributed by atoms with Gasteiger partial charge in [-0.1, -0.05) is 25.1 Å². The van der Waals surface area contributed by atoms with Crippen LogP contribution in [0.1, 0.15) is 38.2 Å². The summed E-state index contributed by atoms with van der Waals surface area (Å²) >= 11 is 0. The quantitative estimate of drug-likeness (QED) is 0.338. The van der Waals surface area contributed by atoms with Crippen molar-refractivity contribution in [3.8, 4) is 23.0 Å². The largest absolute Gasteiger partial charge is 0.508 e. The summed E-state index contributed by atoms with van der Waals surface area (Å²) in [4.78, 5) is 18.4. The Balaban J connectivity index is 1.27. The lowest BCUT2D eigenvalue weighted by atomic mass is 9.95. The Hall–Kier alpha value is -3.63. The molecule has 8 nitrogen and oxygen atoms in total. The molecule has 4 aromatic rings. The number of halogens is 2. The minimum Gasteiger partial charge on any atom is -0.508 e. The summed E-state index contributed by atoms with van der Waals surface area (Å²) in [7, 11) is 0. The Morgan fingerprint density at radius 2 is 2.12 bits per heavy atom. The van der Waals surface area contributed by atoms with Gasteiger partial charge in [0, 0.05) is 31.3 Å². The van der Waals surface area contributed by atoms with Crippen LogP contribution < -0.4 is 9.64 Å². The zero-order valence-electron chi connectivity index (χ0n) is 23.5. The normalized spacial score (nSPS) is 27.0. The number of benzene rings is 2. The van der Waals surface area contributed by atoms with Crippen molar-refractivity contribution in [2.75, 3.05) is 37.7 Å². The van der Waals surface area contributed by atoms with Crippen LogP contribution in [0.2, 0.25) is 0 Å². The summed E-state index contributed by atoms with van der Waals surface area (Å²) in [6.45, 7) is 4.82. The number of aromatic nitrogens is 3. The van der Waals surface area contributed by atoms with Crippen LogP contribution in [0, 0.1) is 5.82 Å². The second-order valence-corrected chi connectivity index (χ2v) is 12.2. The number of anilines is 1. The fourth-order valence-corrected chi connectivity index (χ4v) is 7.77. The zero-order chi connectivity index (χ0) is 28.6. The highest BCUT2D eigenvalue weighted by molar-refractivity contribution is 6.01.